The highest BCUT2D eigenvalue weighted by Gasteiger charge is 2.51. The first-order valence-corrected chi connectivity index (χ1v) is 7.11. The summed E-state index contributed by atoms with van der Waals surface area (Å²) in [5.74, 6) is 0.247. The van der Waals surface area contributed by atoms with Crippen LogP contribution in [0, 0.1) is 9.49 Å². The number of anilines is 1. The highest BCUT2D eigenvalue weighted by molar-refractivity contribution is 14.1. The highest BCUT2D eigenvalue weighted by Crippen LogP contribution is 2.49. The molecule has 1 fully saturated rings. The molecule has 1 aliphatic rings. The van der Waals surface area contributed by atoms with Gasteiger partial charge in [0, 0.05) is 33.1 Å². The molecule has 0 saturated heterocycles. The monoisotopic (exact) mass is 385 g/mol. The van der Waals surface area contributed by atoms with Crippen LogP contribution in [0.15, 0.2) is 17.6 Å². The van der Waals surface area contributed by atoms with E-state index in [1.165, 1.54) is 6.33 Å². The molecule has 1 aliphatic carbocycles. The number of nitrogens with two attached hydrogens (primary N) is 1. The van der Waals surface area contributed by atoms with Crippen LogP contribution in [0.4, 0.5) is 5.82 Å². The van der Waals surface area contributed by atoms with E-state index in [9.17, 15) is 5.11 Å². The van der Waals surface area contributed by atoms with E-state index in [-0.39, 0.29) is 12.0 Å². The maximum atomic E-state index is 10.2. The summed E-state index contributed by atoms with van der Waals surface area (Å²) in [6.07, 6.45) is 3.72. The van der Waals surface area contributed by atoms with Gasteiger partial charge in [0.1, 0.15) is 23.5 Å². The normalized spacial score (nSPS) is 28.9. The van der Waals surface area contributed by atoms with Crippen molar-refractivity contribution in [2.75, 3.05) is 5.73 Å². The number of aliphatic hydroxyl groups is 1. The number of hydrogen-bond acceptors (Lipinski definition) is 5. The number of rotatable bonds is 2. The number of nitrogen functional groups attached to an aromatic ring is 1. The van der Waals surface area contributed by atoms with E-state index >= 15 is 0 Å². The zero-order valence-corrected chi connectivity index (χ0v) is 12.8. The molecule has 0 aromatic carbocycles. The van der Waals surface area contributed by atoms with Crippen LogP contribution < -0.4 is 5.73 Å². The maximum absolute atomic E-state index is 10.2. The summed E-state index contributed by atoms with van der Waals surface area (Å²) >= 11 is 2.19. The van der Waals surface area contributed by atoms with E-state index in [2.05, 4.69) is 42.6 Å². The summed E-state index contributed by atoms with van der Waals surface area (Å²) in [6, 6.07) is 0.0193. The van der Waals surface area contributed by atoms with Crippen molar-refractivity contribution in [3.05, 3.63) is 26.5 Å². The molecular weight excluding hydrogens is 373 g/mol. The third-order valence-electron chi connectivity index (χ3n) is 3.98. The van der Waals surface area contributed by atoms with Gasteiger partial charge in [-0.25, -0.2) is 9.97 Å². The summed E-state index contributed by atoms with van der Waals surface area (Å²) in [5, 5.41) is 14.5. The van der Waals surface area contributed by atoms with Crippen molar-refractivity contribution in [2.24, 2.45) is 11.0 Å². The van der Waals surface area contributed by atoms with E-state index in [0.717, 1.165) is 14.6 Å². The van der Waals surface area contributed by atoms with Crippen LogP contribution in [0.3, 0.4) is 0 Å². The van der Waals surface area contributed by atoms with Crippen molar-refractivity contribution >= 4 is 39.4 Å². The first-order valence-electron chi connectivity index (χ1n) is 6.03. The molecule has 0 bridgehead atoms. The van der Waals surface area contributed by atoms with Gasteiger partial charge < -0.3 is 15.4 Å². The second kappa shape index (κ2) is 4.47. The van der Waals surface area contributed by atoms with Crippen molar-refractivity contribution in [2.45, 2.75) is 25.1 Å². The molecule has 0 amide bonds. The number of azide groups is 1. The summed E-state index contributed by atoms with van der Waals surface area (Å²) in [6.45, 7) is 1.85. The Morgan fingerprint density at radius 2 is 2.40 bits per heavy atom. The fraction of sp³-hybridized carbons (Fsp3) is 0.455. The Balaban J connectivity index is 2.06. The van der Waals surface area contributed by atoms with Gasteiger partial charge in [0.25, 0.3) is 0 Å². The summed E-state index contributed by atoms with van der Waals surface area (Å²) in [4.78, 5) is 11.0. The lowest BCUT2D eigenvalue weighted by molar-refractivity contribution is -0.117. The van der Waals surface area contributed by atoms with Crippen LogP contribution in [0.5, 0.6) is 0 Å². The Morgan fingerprint density at radius 1 is 1.65 bits per heavy atom. The second-order valence-electron chi connectivity index (χ2n) is 4.97. The van der Waals surface area contributed by atoms with Gasteiger partial charge in [-0.05, 0) is 28.1 Å². The smallest absolute Gasteiger partial charge is 0.150 e. The molecule has 0 radical (unpaired) electrons. The Labute approximate surface area is 127 Å². The summed E-state index contributed by atoms with van der Waals surface area (Å²) in [7, 11) is 0. The van der Waals surface area contributed by atoms with E-state index in [1.807, 2.05) is 17.7 Å². The highest BCUT2D eigenvalue weighted by atomic mass is 127. The summed E-state index contributed by atoms with van der Waals surface area (Å²) < 4.78 is 2.93. The minimum Gasteiger partial charge on any atom is -0.383 e. The molecule has 0 spiro atoms. The Hall–Kier alpha value is -1.58. The lowest BCUT2D eigenvalue weighted by atomic mass is 9.72. The van der Waals surface area contributed by atoms with Gasteiger partial charge in [-0.3, -0.25) is 0 Å². The van der Waals surface area contributed by atoms with Gasteiger partial charge in [-0.15, -0.1) is 0 Å². The topological polar surface area (TPSA) is 126 Å². The molecule has 1 saturated carbocycles. The average Bonchev–Trinajstić information content (AvgIpc) is 2.74. The first kappa shape index (κ1) is 13.4. The largest absolute Gasteiger partial charge is 0.383 e. The van der Waals surface area contributed by atoms with Crippen LogP contribution in [0.1, 0.15) is 19.4 Å². The molecule has 2 heterocycles. The molecule has 3 unspecified atom stereocenters. The molecule has 2 aromatic rings. The Kier molecular flexibility index (Phi) is 3.00. The van der Waals surface area contributed by atoms with Gasteiger partial charge in [0.2, 0.25) is 0 Å². The maximum Gasteiger partial charge on any atom is 0.150 e. The van der Waals surface area contributed by atoms with Gasteiger partial charge in [-0.2, -0.15) is 0 Å². The second-order valence-corrected chi connectivity index (χ2v) is 6.13. The minimum absolute atomic E-state index is 0.0193. The molecule has 3 N–H and O–H groups in total. The van der Waals surface area contributed by atoms with Crippen molar-refractivity contribution < 1.29 is 5.11 Å². The van der Waals surface area contributed by atoms with Crippen molar-refractivity contribution in [1.82, 2.24) is 14.5 Å². The van der Waals surface area contributed by atoms with E-state index in [4.69, 9.17) is 11.3 Å². The molecule has 20 heavy (non-hydrogen) atoms. The first-order chi connectivity index (χ1) is 9.48. The Morgan fingerprint density at radius 3 is 3.05 bits per heavy atom. The lowest BCUT2D eigenvalue weighted by Gasteiger charge is -2.47. The fourth-order valence-corrected chi connectivity index (χ4v) is 3.50. The number of nitrogens with zero attached hydrogens (tertiary/aromatic N) is 6. The molecule has 0 aliphatic heterocycles. The molecule has 104 valence electrons. The van der Waals surface area contributed by atoms with E-state index < -0.39 is 5.72 Å². The van der Waals surface area contributed by atoms with E-state index in [1.54, 1.807) is 0 Å². The standard InChI is InChI=1S/C11H12IN7O/c1-5-7(2-11(5,20)17-18-14)19-3-6(12)8-9(13)15-4-16-10(8)19/h3-5,7,20H,2H2,1H3,(H2,13,15,16). The zero-order valence-electron chi connectivity index (χ0n) is 10.6. The van der Waals surface area contributed by atoms with Crippen LogP contribution >= 0.6 is 22.6 Å². The number of halogens is 1. The summed E-state index contributed by atoms with van der Waals surface area (Å²) in [5.41, 5.74) is 13.8. The number of fused-ring (bicyclic) bond motifs is 1. The quantitative estimate of drug-likeness (QED) is 0.356. The molecule has 3 atom stereocenters. The molecular formula is C11H12IN7O. The average molecular weight is 385 g/mol. The van der Waals surface area contributed by atoms with Gasteiger partial charge in [-0.1, -0.05) is 12.0 Å². The molecule has 9 heteroatoms. The molecule has 8 nitrogen and oxygen atoms in total. The van der Waals surface area contributed by atoms with Crippen LogP contribution in [0.2, 0.25) is 0 Å². The van der Waals surface area contributed by atoms with Crippen LogP contribution in [-0.2, 0) is 0 Å². The molecule has 3 rings (SSSR count). The van der Waals surface area contributed by atoms with Crippen LogP contribution in [0.25, 0.3) is 21.5 Å². The van der Waals surface area contributed by atoms with Gasteiger partial charge in [0.15, 0.2) is 0 Å². The third kappa shape index (κ3) is 1.74. The SMILES string of the molecule is CC1C(n2cc(I)c3c(N)ncnc32)CC1(O)N=[N+]=[N-]. The van der Waals surface area contributed by atoms with E-state index in [0.29, 0.717) is 12.2 Å². The fourth-order valence-electron chi connectivity index (χ4n) is 2.68. The van der Waals surface area contributed by atoms with Crippen molar-refractivity contribution in [1.29, 1.82) is 0 Å². The van der Waals surface area contributed by atoms with Crippen LogP contribution in [-0.4, -0.2) is 25.4 Å². The number of aromatic nitrogens is 3. The third-order valence-corrected chi connectivity index (χ3v) is 4.80. The van der Waals surface area contributed by atoms with Crippen molar-refractivity contribution in [3.8, 4) is 0 Å². The predicted octanol–water partition coefficient (Wildman–Crippen LogP) is 2.20. The predicted molar refractivity (Wildman–Crippen MR) is 81.6 cm³/mol. The van der Waals surface area contributed by atoms with Gasteiger partial charge >= 0.3 is 0 Å². The lowest BCUT2D eigenvalue weighted by Crippen LogP contribution is -2.51. The van der Waals surface area contributed by atoms with Crippen molar-refractivity contribution in [3.63, 3.8) is 0 Å². The number of hydrogen-bond donors (Lipinski definition) is 2. The molecule has 2 aromatic heterocycles. The van der Waals surface area contributed by atoms with Gasteiger partial charge in [0.05, 0.1) is 5.39 Å². The zero-order chi connectivity index (χ0) is 14.5. The Bertz CT molecular complexity index is 738. The minimum atomic E-state index is -1.32.